The van der Waals surface area contributed by atoms with E-state index in [2.05, 4.69) is 5.32 Å². The van der Waals surface area contributed by atoms with E-state index in [0.29, 0.717) is 22.6 Å². The van der Waals surface area contributed by atoms with Gasteiger partial charge in [-0.15, -0.1) is 0 Å². The lowest BCUT2D eigenvalue weighted by atomic mass is 10.1. The average Bonchev–Trinajstić information content (AvgIpc) is 3.14. The molecular formula is C19H22NO6P. The van der Waals surface area contributed by atoms with Crippen molar-refractivity contribution >= 4 is 13.5 Å². The molecule has 27 heavy (non-hydrogen) atoms. The van der Waals surface area contributed by atoms with Crippen LogP contribution < -0.4 is 14.8 Å². The van der Waals surface area contributed by atoms with Crippen LogP contribution >= 0.6 is 7.60 Å². The normalized spacial score (nSPS) is 14.0. The van der Waals surface area contributed by atoms with Crippen molar-refractivity contribution in [1.82, 2.24) is 5.32 Å². The Hall–Kier alpha value is -2.34. The van der Waals surface area contributed by atoms with Crippen molar-refractivity contribution < 1.29 is 27.9 Å². The first kappa shape index (κ1) is 19.4. The molecule has 0 spiro atoms. The molecule has 0 saturated carbocycles. The molecule has 0 aromatic heterocycles. The third kappa shape index (κ3) is 4.33. The van der Waals surface area contributed by atoms with Crippen LogP contribution in [-0.4, -0.2) is 25.9 Å². The molecule has 1 N–H and O–H groups in total. The van der Waals surface area contributed by atoms with E-state index in [-0.39, 0.29) is 25.9 Å². The van der Waals surface area contributed by atoms with Crippen molar-refractivity contribution in [2.45, 2.75) is 19.6 Å². The average molecular weight is 391 g/mol. The highest BCUT2D eigenvalue weighted by atomic mass is 31.2. The van der Waals surface area contributed by atoms with E-state index >= 15 is 0 Å². The third-order valence-corrected chi connectivity index (χ3v) is 6.25. The second-order valence-corrected chi connectivity index (χ2v) is 7.84. The number of ether oxygens (including phenoxy) is 2. The Balaban J connectivity index is 1.98. The summed E-state index contributed by atoms with van der Waals surface area (Å²) in [5.41, 5.74) is 0.997. The van der Waals surface area contributed by atoms with Crippen LogP contribution in [0.1, 0.15) is 35.6 Å². The zero-order valence-corrected chi connectivity index (χ0v) is 16.1. The fraction of sp³-hybridized carbons (Fsp3) is 0.316. The number of carbonyl (C=O) groups is 1. The molecule has 0 unspecified atom stereocenters. The molecule has 7 nitrogen and oxygen atoms in total. The molecule has 144 valence electrons. The summed E-state index contributed by atoms with van der Waals surface area (Å²) >= 11 is 0. The first-order valence-corrected chi connectivity index (χ1v) is 10.3. The SMILES string of the molecule is CCOP(=O)(OCC)[C@@H](NC(=O)c1ccccc1)c1ccc2c(c1)OCO2. The van der Waals surface area contributed by atoms with Gasteiger partial charge in [-0.1, -0.05) is 24.3 Å². The largest absolute Gasteiger partial charge is 0.454 e. The van der Waals surface area contributed by atoms with Crippen LogP contribution in [0.2, 0.25) is 0 Å². The van der Waals surface area contributed by atoms with Crippen molar-refractivity contribution in [3.8, 4) is 11.5 Å². The van der Waals surface area contributed by atoms with E-state index in [0.717, 1.165) is 0 Å². The predicted molar refractivity (Wildman–Crippen MR) is 100 cm³/mol. The van der Waals surface area contributed by atoms with Gasteiger partial charge in [-0.3, -0.25) is 9.36 Å². The fourth-order valence-corrected chi connectivity index (χ4v) is 4.67. The highest BCUT2D eigenvalue weighted by Crippen LogP contribution is 2.60. The molecule has 1 amide bonds. The summed E-state index contributed by atoms with van der Waals surface area (Å²) in [6, 6.07) is 13.8. The molecule has 8 heteroatoms. The van der Waals surface area contributed by atoms with Crippen molar-refractivity contribution in [3.63, 3.8) is 0 Å². The van der Waals surface area contributed by atoms with E-state index < -0.39 is 13.4 Å². The molecule has 2 aromatic rings. The van der Waals surface area contributed by atoms with Crippen LogP contribution in [0.5, 0.6) is 11.5 Å². The van der Waals surface area contributed by atoms with Gasteiger partial charge in [-0.25, -0.2) is 0 Å². The van der Waals surface area contributed by atoms with Crippen LogP contribution in [0, 0.1) is 0 Å². The lowest BCUT2D eigenvalue weighted by molar-refractivity contribution is 0.0937. The zero-order chi connectivity index (χ0) is 19.3. The van der Waals surface area contributed by atoms with Crippen LogP contribution in [0.4, 0.5) is 0 Å². The Labute approximate surface area is 158 Å². The van der Waals surface area contributed by atoms with Crippen molar-refractivity contribution in [2.24, 2.45) is 0 Å². The molecular weight excluding hydrogens is 369 g/mol. The molecule has 0 radical (unpaired) electrons. The van der Waals surface area contributed by atoms with Crippen molar-refractivity contribution in [3.05, 3.63) is 59.7 Å². The van der Waals surface area contributed by atoms with Gasteiger partial charge in [-0.2, -0.15) is 0 Å². The van der Waals surface area contributed by atoms with Crippen molar-refractivity contribution in [2.75, 3.05) is 20.0 Å². The minimum absolute atomic E-state index is 0.119. The number of hydrogen-bond acceptors (Lipinski definition) is 6. The van der Waals surface area contributed by atoms with E-state index in [4.69, 9.17) is 18.5 Å². The monoisotopic (exact) mass is 391 g/mol. The highest BCUT2D eigenvalue weighted by Gasteiger charge is 2.39. The Morgan fingerprint density at radius 1 is 1.07 bits per heavy atom. The lowest BCUT2D eigenvalue weighted by Gasteiger charge is -2.27. The van der Waals surface area contributed by atoms with Crippen molar-refractivity contribution in [1.29, 1.82) is 0 Å². The number of hydrogen-bond donors (Lipinski definition) is 1. The molecule has 1 aliphatic heterocycles. The summed E-state index contributed by atoms with van der Waals surface area (Å²) in [5, 5.41) is 2.80. The number of carbonyl (C=O) groups excluding carboxylic acids is 1. The van der Waals surface area contributed by atoms with Gasteiger partial charge in [0, 0.05) is 5.56 Å². The number of fused-ring (bicyclic) bond motifs is 1. The Morgan fingerprint density at radius 2 is 1.74 bits per heavy atom. The van der Waals surface area contributed by atoms with Gasteiger partial charge in [0.15, 0.2) is 17.3 Å². The van der Waals surface area contributed by atoms with Crippen LogP contribution in [0.25, 0.3) is 0 Å². The summed E-state index contributed by atoms with van der Waals surface area (Å²) < 4.78 is 35.2. The topological polar surface area (TPSA) is 83.1 Å². The van der Waals surface area contributed by atoms with Gasteiger partial charge in [0.1, 0.15) is 0 Å². The van der Waals surface area contributed by atoms with Crippen LogP contribution in [0.15, 0.2) is 48.5 Å². The number of benzene rings is 2. The number of rotatable bonds is 8. The second-order valence-electron chi connectivity index (χ2n) is 5.73. The Bertz CT molecular complexity index is 831. The van der Waals surface area contributed by atoms with E-state index in [1.807, 2.05) is 6.07 Å². The smallest absolute Gasteiger partial charge is 0.357 e. The Kier molecular flexibility index (Phi) is 6.16. The molecule has 3 rings (SSSR count). The van der Waals surface area contributed by atoms with E-state index in [9.17, 15) is 9.36 Å². The van der Waals surface area contributed by atoms with Gasteiger partial charge in [0.05, 0.1) is 13.2 Å². The zero-order valence-electron chi connectivity index (χ0n) is 15.2. The molecule has 0 saturated heterocycles. The molecule has 0 bridgehead atoms. The molecule has 1 heterocycles. The fourth-order valence-electron chi connectivity index (χ4n) is 2.77. The molecule has 2 aromatic carbocycles. The maximum absolute atomic E-state index is 13.4. The second kappa shape index (κ2) is 8.57. The summed E-state index contributed by atoms with van der Waals surface area (Å²) in [6.07, 6.45) is 0. The molecule has 1 atom stereocenters. The maximum Gasteiger partial charge on any atom is 0.357 e. The first-order chi connectivity index (χ1) is 13.1. The van der Waals surface area contributed by atoms with Crippen LogP contribution in [0.3, 0.4) is 0 Å². The van der Waals surface area contributed by atoms with Gasteiger partial charge in [-0.05, 0) is 43.7 Å². The van der Waals surface area contributed by atoms with Crippen LogP contribution in [-0.2, 0) is 13.6 Å². The van der Waals surface area contributed by atoms with Gasteiger partial charge < -0.3 is 23.8 Å². The van der Waals surface area contributed by atoms with Gasteiger partial charge in [0.2, 0.25) is 6.79 Å². The summed E-state index contributed by atoms with van der Waals surface area (Å²) in [5.74, 6) is -0.252. The first-order valence-electron chi connectivity index (χ1n) is 8.71. The Morgan fingerprint density at radius 3 is 2.41 bits per heavy atom. The van der Waals surface area contributed by atoms with Gasteiger partial charge in [0.25, 0.3) is 5.91 Å². The van der Waals surface area contributed by atoms with E-state index in [1.165, 1.54) is 0 Å². The molecule has 1 aliphatic rings. The minimum Gasteiger partial charge on any atom is -0.454 e. The third-order valence-electron chi connectivity index (χ3n) is 3.95. The molecule has 0 aliphatic carbocycles. The summed E-state index contributed by atoms with van der Waals surface area (Å²) in [6.45, 7) is 3.93. The predicted octanol–water partition coefficient (Wildman–Crippen LogP) is 4.11. The number of amides is 1. The number of nitrogens with one attached hydrogen (secondary N) is 1. The standard InChI is InChI=1S/C19H22NO6P/c1-3-25-27(22,26-4-2)19(20-18(21)14-8-6-5-7-9-14)15-10-11-16-17(12-15)24-13-23-16/h5-12,19H,3-4,13H2,1-2H3,(H,20,21)/t19-/m1/s1. The quantitative estimate of drug-likeness (QED) is 0.682. The maximum atomic E-state index is 13.4. The lowest BCUT2D eigenvalue weighted by Crippen LogP contribution is -2.29. The summed E-state index contributed by atoms with van der Waals surface area (Å²) in [4.78, 5) is 12.7. The minimum atomic E-state index is -3.68. The summed E-state index contributed by atoms with van der Waals surface area (Å²) in [7, 11) is -3.68. The van der Waals surface area contributed by atoms with Gasteiger partial charge >= 0.3 is 7.60 Å². The highest BCUT2D eigenvalue weighted by molar-refractivity contribution is 7.54. The molecule has 0 fully saturated rings. The van der Waals surface area contributed by atoms with E-state index in [1.54, 1.807) is 56.3 Å².